The number of fused-ring (bicyclic) bond motifs is 3. The number of anilines is 1. The smallest absolute Gasteiger partial charge is 0.320 e. The van der Waals surface area contributed by atoms with Crippen molar-refractivity contribution in [3.63, 3.8) is 0 Å². The molecule has 0 atom stereocenters. The van der Waals surface area contributed by atoms with E-state index in [2.05, 4.69) is 61.0 Å². The molecule has 3 aromatic heterocycles. The molecule has 2 aliphatic heterocycles. The number of carbonyl (C=O) groups excluding carboxylic acids is 1. The van der Waals surface area contributed by atoms with E-state index in [-0.39, 0.29) is 24.5 Å². The van der Waals surface area contributed by atoms with E-state index in [9.17, 15) is 4.79 Å². The number of nitrogens with one attached hydrogen (secondary N) is 2. The lowest BCUT2D eigenvalue weighted by molar-refractivity contribution is -0.122. The van der Waals surface area contributed by atoms with Crippen LogP contribution in [-0.4, -0.2) is 60.9 Å². The Labute approximate surface area is 213 Å². The number of hydrogen-bond acceptors (Lipinski definition) is 8. The minimum atomic E-state index is -0.0288. The summed E-state index contributed by atoms with van der Waals surface area (Å²) in [6.45, 7) is 4.82. The molecule has 4 N–H and O–H groups in total. The molecule has 0 aliphatic carbocycles. The zero-order chi connectivity index (χ0) is 25.4. The fourth-order valence-electron chi connectivity index (χ4n) is 4.69. The zero-order valence-corrected chi connectivity index (χ0v) is 20.6. The molecule has 4 bridgehead atoms. The lowest BCUT2D eigenvalue weighted by atomic mass is 9.97. The van der Waals surface area contributed by atoms with Crippen LogP contribution in [0.3, 0.4) is 0 Å². The van der Waals surface area contributed by atoms with Crippen molar-refractivity contribution < 1.29 is 9.53 Å². The molecule has 0 unspecified atom stereocenters. The van der Waals surface area contributed by atoms with Gasteiger partial charge in [-0.1, -0.05) is 30.4 Å². The van der Waals surface area contributed by atoms with Gasteiger partial charge < -0.3 is 25.7 Å². The Morgan fingerprint density at radius 3 is 2.97 bits per heavy atom. The standard InChI is InChI=1S/C26H29N9O2/c1-16-30-23-24(27)32-26-33-25(23)35(16)13-17-6-7-21(18(9-17)5-3-2-4-8-37-26)19-10-29-34(14-19)15-22(36)31-20-11-28-12-20/h2-3,6-7,9-10,14,20,28H,4-5,8,11-13,15H2,1H3,(H,31,36)(H2,27,32,33)/b3-2-. The second-order valence-corrected chi connectivity index (χ2v) is 9.46. The van der Waals surface area contributed by atoms with Gasteiger partial charge in [-0.05, 0) is 36.5 Å². The average Bonchev–Trinajstić information content (AvgIpc) is 3.43. The van der Waals surface area contributed by atoms with E-state index >= 15 is 0 Å². The number of benzene rings is 1. The van der Waals surface area contributed by atoms with Gasteiger partial charge in [0.25, 0.3) is 0 Å². The summed E-state index contributed by atoms with van der Waals surface area (Å²) in [4.78, 5) is 25.8. The normalized spacial score (nSPS) is 16.7. The van der Waals surface area contributed by atoms with Crippen LogP contribution in [0.1, 0.15) is 23.4 Å². The Hall–Kier alpha value is -4.25. The van der Waals surface area contributed by atoms with E-state index in [0.29, 0.717) is 30.1 Å². The number of imidazole rings is 1. The van der Waals surface area contributed by atoms with Crippen molar-refractivity contribution in [1.29, 1.82) is 0 Å². The first-order chi connectivity index (χ1) is 18.0. The highest BCUT2D eigenvalue weighted by Gasteiger charge is 2.20. The first-order valence-electron chi connectivity index (χ1n) is 12.5. The maximum Gasteiger partial charge on any atom is 0.320 e. The first-order valence-corrected chi connectivity index (χ1v) is 12.5. The van der Waals surface area contributed by atoms with Crippen LogP contribution in [0.25, 0.3) is 22.3 Å². The topological polar surface area (TPSA) is 138 Å². The van der Waals surface area contributed by atoms with Gasteiger partial charge in [0.05, 0.1) is 25.4 Å². The number of aromatic nitrogens is 6. The lowest BCUT2D eigenvalue weighted by Crippen LogP contribution is -2.57. The molecule has 1 amide bonds. The van der Waals surface area contributed by atoms with Gasteiger partial charge in [-0.15, -0.1) is 0 Å². The molecule has 11 heteroatoms. The number of nitrogens with two attached hydrogens (primary N) is 1. The van der Waals surface area contributed by atoms with Crippen molar-refractivity contribution >= 4 is 22.9 Å². The summed E-state index contributed by atoms with van der Waals surface area (Å²) >= 11 is 0. The molecular formula is C26H29N9O2. The van der Waals surface area contributed by atoms with Crippen molar-refractivity contribution in [2.24, 2.45) is 0 Å². The first kappa shape index (κ1) is 23.2. The van der Waals surface area contributed by atoms with E-state index < -0.39 is 0 Å². The molecule has 1 fully saturated rings. The highest BCUT2D eigenvalue weighted by Crippen LogP contribution is 2.28. The summed E-state index contributed by atoms with van der Waals surface area (Å²) in [5.74, 6) is 1.09. The van der Waals surface area contributed by atoms with Crippen LogP contribution in [0.5, 0.6) is 6.01 Å². The third kappa shape index (κ3) is 4.77. The lowest BCUT2D eigenvalue weighted by Gasteiger charge is -2.27. The van der Waals surface area contributed by atoms with Gasteiger partial charge in [0.1, 0.15) is 12.4 Å². The van der Waals surface area contributed by atoms with Gasteiger partial charge in [-0.25, -0.2) is 4.98 Å². The Kier molecular flexibility index (Phi) is 6.05. The number of hydrogen-bond donors (Lipinski definition) is 3. The second kappa shape index (κ2) is 9.66. The van der Waals surface area contributed by atoms with Crippen molar-refractivity contribution in [2.45, 2.75) is 38.9 Å². The van der Waals surface area contributed by atoms with Crippen molar-refractivity contribution in [3.8, 4) is 17.1 Å². The maximum atomic E-state index is 12.3. The summed E-state index contributed by atoms with van der Waals surface area (Å²) in [7, 11) is 0. The molecule has 0 spiro atoms. The Bertz CT molecular complexity index is 1500. The molecule has 37 heavy (non-hydrogen) atoms. The maximum absolute atomic E-state index is 12.3. The van der Waals surface area contributed by atoms with Crippen LogP contribution in [0.2, 0.25) is 0 Å². The summed E-state index contributed by atoms with van der Waals surface area (Å²) in [5, 5.41) is 10.6. The Morgan fingerprint density at radius 2 is 2.14 bits per heavy atom. The number of aryl methyl sites for hydroxylation is 1. The quantitative estimate of drug-likeness (QED) is 0.360. The predicted octanol–water partition coefficient (Wildman–Crippen LogP) is 1.60. The number of allylic oxidation sites excluding steroid dienone is 1. The molecule has 0 radical (unpaired) electrons. The Balaban J connectivity index is 1.31. The largest absolute Gasteiger partial charge is 0.463 e. The fraction of sp³-hybridized carbons (Fsp3) is 0.346. The van der Waals surface area contributed by atoms with Gasteiger partial charge in [0.2, 0.25) is 5.91 Å². The number of ether oxygens (including phenoxy) is 1. The molecule has 6 rings (SSSR count). The summed E-state index contributed by atoms with van der Waals surface area (Å²) < 4.78 is 9.50. The predicted molar refractivity (Wildman–Crippen MR) is 139 cm³/mol. The number of amides is 1. The zero-order valence-electron chi connectivity index (χ0n) is 20.6. The minimum Gasteiger partial charge on any atom is -0.463 e. The van der Waals surface area contributed by atoms with Crippen LogP contribution in [0, 0.1) is 6.92 Å². The third-order valence-corrected chi connectivity index (χ3v) is 6.72. The summed E-state index contributed by atoms with van der Waals surface area (Å²) in [6, 6.07) is 6.92. The van der Waals surface area contributed by atoms with Gasteiger partial charge in [0, 0.05) is 24.8 Å². The van der Waals surface area contributed by atoms with Crippen LogP contribution in [0.4, 0.5) is 5.82 Å². The molecule has 1 saturated heterocycles. The molecule has 4 aromatic rings. The van der Waals surface area contributed by atoms with Gasteiger partial charge in [-0.2, -0.15) is 15.1 Å². The van der Waals surface area contributed by atoms with Crippen LogP contribution < -0.4 is 21.1 Å². The number of nitrogen functional groups attached to an aromatic ring is 1. The third-order valence-electron chi connectivity index (χ3n) is 6.72. The SMILES string of the molecule is Cc1nc2c(N)nc3nc2n1Cc1ccc(-c2cnn(CC(=O)NC4CNC4)c2)c(c1)C/C=C\CCO3. The highest BCUT2D eigenvalue weighted by atomic mass is 16.5. The van der Waals surface area contributed by atoms with E-state index in [1.807, 2.05) is 23.9 Å². The second-order valence-electron chi connectivity index (χ2n) is 9.46. The van der Waals surface area contributed by atoms with Crippen molar-refractivity contribution in [1.82, 2.24) is 39.9 Å². The van der Waals surface area contributed by atoms with E-state index in [1.54, 1.807) is 4.68 Å². The monoisotopic (exact) mass is 499 g/mol. The molecule has 1 aromatic carbocycles. The molecule has 190 valence electrons. The van der Waals surface area contributed by atoms with Crippen LogP contribution in [-0.2, 0) is 24.3 Å². The van der Waals surface area contributed by atoms with E-state index in [1.165, 1.54) is 5.56 Å². The average molecular weight is 500 g/mol. The molecular weight excluding hydrogens is 470 g/mol. The summed E-state index contributed by atoms with van der Waals surface area (Å²) in [5.41, 5.74) is 11.8. The van der Waals surface area contributed by atoms with Crippen LogP contribution in [0.15, 0.2) is 42.7 Å². The molecule has 2 aliphatic rings. The fourth-order valence-corrected chi connectivity index (χ4v) is 4.69. The van der Waals surface area contributed by atoms with E-state index in [4.69, 9.17) is 10.5 Å². The van der Waals surface area contributed by atoms with E-state index in [0.717, 1.165) is 48.4 Å². The number of rotatable bonds is 4. The molecule has 0 saturated carbocycles. The van der Waals surface area contributed by atoms with Crippen LogP contribution >= 0.6 is 0 Å². The summed E-state index contributed by atoms with van der Waals surface area (Å²) in [6.07, 6.45) is 9.48. The highest BCUT2D eigenvalue weighted by molar-refractivity contribution is 5.82. The molecule has 11 nitrogen and oxygen atoms in total. The van der Waals surface area contributed by atoms with Gasteiger partial charge >= 0.3 is 6.01 Å². The number of carbonyl (C=O) groups is 1. The minimum absolute atomic E-state index is 0.0288. The van der Waals surface area contributed by atoms with Gasteiger partial charge in [0.15, 0.2) is 17.0 Å². The molecule has 5 heterocycles. The number of nitrogens with zero attached hydrogens (tertiary/aromatic N) is 6. The van der Waals surface area contributed by atoms with Gasteiger partial charge in [-0.3, -0.25) is 9.48 Å². The van der Waals surface area contributed by atoms with Crippen molar-refractivity contribution in [2.75, 3.05) is 25.4 Å². The Morgan fingerprint density at radius 1 is 1.24 bits per heavy atom. The van der Waals surface area contributed by atoms with Crippen molar-refractivity contribution in [3.05, 3.63) is 59.7 Å².